The Balaban J connectivity index is -0.0000000125. The molecule has 112 valence electrons. The molecule has 0 atom stereocenters. The number of halogens is 3. The molecule has 0 saturated carbocycles. The normalized spacial score (nSPS) is 6.06. The van der Waals surface area contributed by atoms with E-state index in [9.17, 15) is 13.2 Å². The molecule has 0 saturated heterocycles. The fourth-order valence-electron chi connectivity index (χ4n) is 0. The predicted octanol–water partition coefficient (Wildman–Crippen LogP) is 2.53. The third-order valence-corrected chi connectivity index (χ3v) is 0.231. The van der Waals surface area contributed by atoms with Crippen molar-refractivity contribution in [1.82, 2.24) is 0 Å². The Kier molecular flexibility index (Phi) is 80.9. The summed E-state index contributed by atoms with van der Waals surface area (Å²) in [5.41, 5.74) is 0. The number of carboxylic acids is 1. The summed E-state index contributed by atoms with van der Waals surface area (Å²) in [6, 6.07) is 0. The molecule has 0 radical (unpaired) electrons. The van der Waals surface area contributed by atoms with Gasteiger partial charge in [-0.25, -0.2) is 0 Å². The molecule has 17 heavy (non-hydrogen) atoms. The smallest absolute Gasteiger partial charge is 0.693 e. The van der Waals surface area contributed by atoms with Gasteiger partial charge >= 0.3 is 23.0 Å². The van der Waals surface area contributed by atoms with Crippen LogP contribution in [0.2, 0.25) is 0 Å². The van der Waals surface area contributed by atoms with Gasteiger partial charge < -0.3 is 45.9 Å². The third kappa shape index (κ3) is 106. The molecule has 0 aliphatic rings. The summed E-state index contributed by atoms with van der Waals surface area (Å²) >= 11 is 0. The molecule has 0 bridgehead atoms. The Morgan fingerprint density at radius 2 is 1.12 bits per heavy atom. The van der Waals surface area contributed by atoms with Gasteiger partial charge in [0.05, 0.1) is 0 Å². The van der Waals surface area contributed by atoms with E-state index in [-0.39, 0.29) is 47.5 Å². The zero-order valence-corrected chi connectivity index (χ0v) is 8.92. The second-order valence-electron chi connectivity index (χ2n) is 1.02. The molecule has 0 amide bonds. The standard InChI is InChI=1S/C2HF3O2.Co.HNO3.5H2N/c3-2(4,5)1(6)7;;2-1(3)4;;;;;/h(H,6,7);;(H,2,3,4);5*1H2/q;+3;;5*-1/p-1. The topological polar surface area (TPSA) is 271 Å². The molecule has 15 heteroatoms. The van der Waals surface area contributed by atoms with E-state index in [2.05, 4.69) is 0 Å². The second kappa shape index (κ2) is 24.1. The molecule has 0 rings (SSSR count). The molecule has 0 aromatic rings. The van der Waals surface area contributed by atoms with Crippen LogP contribution in [0.5, 0.6) is 0 Å². The number of hydrogen-bond donors (Lipinski definition) is 1. The van der Waals surface area contributed by atoms with E-state index >= 15 is 0 Å². The van der Waals surface area contributed by atoms with Crippen LogP contribution in [-0.2, 0) is 21.6 Å². The molecular formula is C2H11CoF3N6O5-3. The molecule has 0 aromatic heterocycles. The molecular weight excluding hydrogens is 304 g/mol. The largest absolute Gasteiger partial charge is 3.00 e. The summed E-state index contributed by atoms with van der Waals surface area (Å²) < 4.78 is 31.5. The van der Waals surface area contributed by atoms with Gasteiger partial charge in [0, 0.05) is 0 Å². The minimum absolute atomic E-state index is 0. The van der Waals surface area contributed by atoms with Crippen molar-refractivity contribution in [2.45, 2.75) is 6.18 Å². The molecule has 0 fully saturated rings. The maximum absolute atomic E-state index is 10.5. The zero-order valence-electron chi connectivity index (χ0n) is 7.88. The number of hydrogen-bond acceptors (Lipinski definition) is 4. The first-order valence-electron chi connectivity index (χ1n) is 1.79. The summed E-state index contributed by atoms with van der Waals surface area (Å²) in [6.07, 6.45) is -5.19. The average molecular weight is 315 g/mol. The maximum atomic E-state index is 10.5. The van der Waals surface area contributed by atoms with Crippen LogP contribution in [0, 0.1) is 10.1 Å². The van der Waals surface area contributed by atoms with Crippen molar-refractivity contribution in [3.63, 3.8) is 0 Å². The number of nitrogens with zero attached hydrogens (tertiary/aromatic N) is 1. The van der Waals surface area contributed by atoms with E-state index < -0.39 is 17.2 Å². The number of carbonyl (C=O) groups is 1. The first kappa shape index (κ1) is 57.0. The van der Waals surface area contributed by atoms with Crippen LogP contribution < -0.4 is 5.11 Å². The van der Waals surface area contributed by atoms with E-state index in [1.165, 1.54) is 0 Å². The molecule has 0 aromatic carbocycles. The van der Waals surface area contributed by atoms with Crippen LogP contribution in [0.15, 0.2) is 0 Å². The van der Waals surface area contributed by atoms with Crippen molar-refractivity contribution >= 4 is 5.97 Å². The van der Waals surface area contributed by atoms with Gasteiger partial charge in [-0.2, -0.15) is 13.2 Å². The fraction of sp³-hybridized carbons (Fsp3) is 0.500. The van der Waals surface area contributed by atoms with Crippen LogP contribution in [0.4, 0.5) is 13.2 Å². The van der Waals surface area contributed by atoms with Crippen molar-refractivity contribution in [2.75, 3.05) is 0 Å². The number of alkyl halides is 3. The monoisotopic (exact) mass is 315 g/mol. The number of rotatable bonds is 0. The summed E-state index contributed by atoms with van der Waals surface area (Å²) in [5.74, 6) is -3.01. The van der Waals surface area contributed by atoms with Gasteiger partial charge in [-0.1, -0.05) is 0 Å². The first-order valence-corrected chi connectivity index (χ1v) is 1.79. The Bertz CT molecular complexity index is 164. The van der Waals surface area contributed by atoms with E-state index in [4.69, 9.17) is 25.2 Å². The quantitative estimate of drug-likeness (QED) is 0.519. The van der Waals surface area contributed by atoms with E-state index in [0.717, 1.165) is 0 Å². The van der Waals surface area contributed by atoms with Gasteiger partial charge in [0.25, 0.3) is 5.09 Å². The minimum atomic E-state index is -5.19. The number of nitrogens with two attached hydrogens (primary N) is 5. The Morgan fingerprint density at radius 3 is 1.12 bits per heavy atom. The van der Waals surface area contributed by atoms with Crippen LogP contribution >= 0.6 is 0 Å². The molecule has 11 N–H and O–H groups in total. The summed E-state index contributed by atoms with van der Waals surface area (Å²) in [7, 11) is 0. The zero-order chi connectivity index (χ0) is 9.65. The van der Waals surface area contributed by atoms with E-state index in [1.54, 1.807) is 0 Å². The number of carbonyl (C=O) groups excluding carboxylic acids is 1. The number of aliphatic carboxylic acids is 1. The van der Waals surface area contributed by atoms with Crippen LogP contribution in [0.1, 0.15) is 0 Å². The van der Waals surface area contributed by atoms with Crippen molar-refractivity contribution in [3.8, 4) is 0 Å². The van der Waals surface area contributed by atoms with Crippen molar-refractivity contribution < 1.29 is 50.1 Å². The minimum Gasteiger partial charge on any atom is -0.693 e. The van der Waals surface area contributed by atoms with Crippen LogP contribution in [0.3, 0.4) is 0 Å². The fourth-order valence-corrected chi connectivity index (χ4v) is 0. The van der Waals surface area contributed by atoms with Gasteiger partial charge in [0.2, 0.25) is 0 Å². The third-order valence-electron chi connectivity index (χ3n) is 0.231. The second-order valence-corrected chi connectivity index (χ2v) is 1.02. The summed E-state index contributed by atoms with van der Waals surface area (Å²) in [6.45, 7) is 0. The predicted molar refractivity (Wildman–Crippen MR) is 46.3 cm³/mol. The molecule has 11 nitrogen and oxygen atoms in total. The first-order chi connectivity index (χ1) is 4.68. The van der Waals surface area contributed by atoms with Gasteiger partial charge in [0.1, 0.15) is 5.97 Å². The van der Waals surface area contributed by atoms with Gasteiger partial charge in [0.15, 0.2) is 0 Å². The van der Waals surface area contributed by atoms with Gasteiger partial charge in [-0.15, -0.1) is 10.1 Å². The van der Waals surface area contributed by atoms with Crippen molar-refractivity contribution in [3.05, 3.63) is 40.9 Å². The molecule has 0 aliphatic carbocycles. The SMILES string of the molecule is O=C([O-])C(F)(F)F.O=[N+]([O-])O.[Co+3].[NH2-].[NH2-].[NH2-].[NH2-].[NH2-]. The molecule has 0 spiro atoms. The number of carboxylic acid groups (broad SMARTS) is 1. The van der Waals surface area contributed by atoms with E-state index in [1.807, 2.05) is 0 Å². The molecule has 0 unspecified atom stereocenters. The molecule has 0 aliphatic heterocycles. The summed E-state index contributed by atoms with van der Waals surface area (Å²) in [4.78, 5) is 17.1. The molecule has 0 heterocycles. The van der Waals surface area contributed by atoms with Crippen LogP contribution in [0.25, 0.3) is 30.8 Å². The average Bonchev–Trinajstić information content (AvgIpc) is 1.59. The maximum Gasteiger partial charge on any atom is 3.00 e. The Labute approximate surface area is 104 Å². The summed E-state index contributed by atoms with van der Waals surface area (Å²) in [5, 5.41) is 22.4. The van der Waals surface area contributed by atoms with Crippen LogP contribution in [-0.4, -0.2) is 22.4 Å². The Hall–Kier alpha value is -1.23. The van der Waals surface area contributed by atoms with Crippen molar-refractivity contribution in [1.29, 1.82) is 0 Å². The van der Waals surface area contributed by atoms with E-state index in [0.29, 0.717) is 0 Å². The Morgan fingerprint density at radius 1 is 1.06 bits per heavy atom. The van der Waals surface area contributed by atoms with Crippen molar-refractivity contribution in [2.24, 2.45) is 0 Å². The van der Waals surface area contributed by atoms with Gasteiger partial charge in [-0.05, 0) is 0 Å². The van der Waals surface area contributed by atoms with Gasteiger partial charge in [-0.3, -0.25) is 0 Å².